The van der Waals surface area contributed by atoms with Crippen molar-refractivity contribution >= 4 is 5.69 Å². The molecule has 0 amide bonds. The molecule has 0 saturated heterocycles. The number of aryl methyl sites for hydroxylation is 1. The number of rotatable bonds is 5. The van der Waals surface area contributed by atoms with E-state index < -0.39 is 0 Å². The predicted molar refractivity (Wildman–Crippen MR) is 126 cm³/mol. The number of hydrogen-bond acceptors (Lipinski definition) is 3. The first kappa shape index (κ1) is 20.3. The smallest absolute Gasteiger partial charge is 0.269 e. The van der Waals surface area contributed by atoms with Crippen molar-refractivity contribution in [1.29, 1.82) is 0 Å². The van der Waals surface area contributed by atoms with Crippen LogP contribution in [0.15, 0.2) is 89.3 Å². The van der Waals surface area contributed by atoms with Crippen LogP contribution in [0, 0.1) is 10.1 Å². The van der Waals surface area contributed by atoms with E-state index in [0.29, 0.717) is 0 Å². The Bertz CT molecular complexity index is 1170. The maximum Gasteiger partial charge on any atom is 0.269 e. The minimum atomic E-state index is -0.362. The first-order valence-electron chi connectivity index (χ1n) is 11.2. The van der Waals surface area contributed by atoms with Gasteiger partial charge < -0.3 is 4.42 Å². The maximum absolute atomic E-state index is 11.2. The van der Waals surface area contributed by atoms with Crippen molar-refractivity contribution in [3.05, 3.63) is 123 Å². The molecule has 0 spiro atoms. The first-order chi connectivity index (χ1) is 15.7. The van der Waals surface area contributed by atoms with Gasteiger partial charge in [-0.05, 0) is 48.1 Å². The molecule has 0 atom stereocenters. The van der Waals surface area contributed by atoms with E-state index in [1.54, 1.807) is 12.1 Å². The number of nitro groups is 1. The molecule has 0 radical (unpaired) electrons. The van der Waals surface area contributed by atoms with Crippen molar-refractivity contribution in [2.24, 2.45) is 0 Å². The van der Waals surface area contributed by atoms with Crippen LogP contribution in [-0.2, 0) is 12.8 Å². The summed E-state index contributed by atoms with van der Waals surface area (Å²) in [4.78, 5) is 10.8. The van der Waals surface area contributed by atoms with Crippen LogP contribution in [0.2, 0.25) is 0 Å². The van der Waals surface area contributed by atoms with Crippen LogP contribution in [0.1, 0.15) is 53.2 Å². The summed E-state index contributed by atoms with van der Waals surface area (Å²) in [5.74, 6) is 1.94. The monoisotopic (exact) mass is 423 g/mol. The molecule has 1 aromatic heterocycles. The number of nitrogens with zero attached hydrogens (tertiary/aromatic N) is 1. The topological polar surface area (TPSA) is 56.3 Å². The average molecular weight is 424 g/mol. The second-order valence-electron chi connectivity index (χ2n) is 8.37. The number of nitro benzene ring substituents is 1. The molecule has 4 aromatic rings. The Balaban J connectivity index is 1.75. The van der Waals surface area contributed by atoms with Crippen LogP contribution < -0.4 is 0 Å². The summed E-state index contributed by atoms with van der Waals surface area (Å²) in [6.45, 7) is 0. The van der Waals surface area contributed by atoms with Crippen molar-refractivity contribution in [3.63, 3.8) is 0 Å². The molecule has 0 bridgehead atoms. The minimum absolute atomic E-state index is 0.0354. The molecular formula is C28H25NO3. The molecule has 4 heteroatoms. The largest absolute Gasteiger partial charge is 0.460 e. The Labute approximate surface area is 187 Å². The van der Waals surface area contributed by atoms with E-state index in [4.69, 9.17) is 4.42 Å². The van der Waals surface area contributed by atoms with Crippen molar-refractivity contribution in [2.75, 3.05) is 0 Å². The molecular weight excluding hydrogens is 398 g/mol. The third-order valence-corrected chi connectivity index (χ3v) is 6.36. The highest BCUT2D eigenvalue weighted by Crippen LogP contribution is 2.44. The third kappa shape index (κ3) is 3.84. The van der Waals surface area contributed by atoms with E-state index in [9.17, 15) is 10.1 Å². The number of hydrogen-bond donors (Lipinski definition) is 0. The lowest BCUT2D eigenvalue weighted by molar-refractivity contribution is -0.384. The molecule has 0 unspecified atom stereocenters. The quantitative estimate of drug-likeness (QED) is 0.192. The highest BCUT2D eigenvalue weighted by atomic mass is 16.6. The van der Waals surface area contributed by atoms with Gasteiger partial charge in [-0.25, -0.2) is 0 Å². The Morgan fingerprint density at radius 3 is 1.94 bits per heavy atom. The van der Waals surface area contributed by atoms with E-state index >= 15 is 0 Å². The highest BCUT2D eigenvalue weighted by molar-refractivity contribution is 5.69. The van der Waals surface area contributed by atoms with Gasteiger partial charge in [-0.3, -0.25) is 10.1 Å². The highest BCUT2D eigenvalue weighted by Gasteiger charge is 2.30. The lowest BCUT2D eigenvalue weighted by Crippen LogP contribution is -2.07. The van der Waals surface area contributed by atoms with Gasteiger partial charge in [0.25, 0.3) is 5.69 Å². The SMILES string of the molecule is O=[N+]([O-])c1ccc(-c2oc3c(c2C(c2ccccc2)c2ccccc2)CCCCC3)cc1. The summed E-state index contributed by atoms with van der Waals surface area (Å²) in [6, 6.07) is 27.8. The van der Waals surface area contributed by atoms with Crippen LogP contribution in [0.5, 0.6) is 0 Å². The molecule has 160 valence electrons. The Kier molecular flexibility index (Phi) is 5.59. The van der Waals surface area contributed by atoms with E-state index in [-0.39, 0.29) is 16.5 Å². The van der Waals surface area contributed by atoms with Gasteiger partial charge in [-0.2, -0.15) is 0 Å². The number of fused-ring (bicyclic) bond motifs is 1. The number of furan rings is 1. The van der Waals surface area contributed by atoms with Gasteiger partial charge in [-0.1, -0.05) is 67.1 Å². The molecule has 1 aliphatic rings. The van der Waals surface area contributed by atoms with Crippen molar-refractivity contribution in [2.45, 2.75) is 38.0 Å². The first-order valence-corrected chi connectivity index (χ1v) is 11.2. The number of benzene rings is 3. The summed E-state index contributed by atoms with van der Waals surface area (Å²) in [5, 5.41) is 11.2. The molecule has 32 heavy (non-hydrogen) atoms. The Morgan fingerprint density at radius 2 is 1.34 bits per heavy atom. The molecule has 0 fully saturated rings. The fraction of sp³-hybridized carbons (Fsp3) is 0.214. The molecule has 3 aromatic carbocycles. The summed E-state index contributed by atoms with van der Waals surface area (Å²) in [7, 11) is 0. The summed E-state index contributed by atoms with van der Waals surface area (Å²) >= 11 is 0. The van der Waals surface area contributed by atoms with Gasteiger partial charge in [0.1, 0.15) is 11.5 Å². The average Bonchev–Trinajstić information content (AvgIpc) is 3.02. The lowest BCUT2D eigenvalue weighted by Gasteiger charge is -2.21. The van der Waals surface area contributed by atoms with Crippen LogP contribution >= 0.6 is 0 Å². The molecule has 0 saturated carbocycles. The van der Waals surface area contributed by atoms with Crippen LogP contribution in [0.3, 0.4) is 0 Å². The van der Waals surface area contributed by atoms with Crippen LogP contribution in [-0.4, -0.2) is 4.92 Å². The zero-order chi connectivity index (χ0) is 21.9. The van der Waals surface area contributed by atoms with Crippen molar-refractivity contribution < 1.29 is 9.34 Å². The molecule has 4 nitrogen and oxygen atoms in total. The maximum atomic E-state index is 11.2. The van der Waals surface area contributed by atoms with E-state index in [0.717, 1.165) is 42.8 Å². The van der Waals surface area contributed by atoms with Gasteiger partial charge in [0.2, 0.25) is 0 Å². The summed E-state index contributed by atoms with van der Waals surface area (Å²) < 4.78 is 6.56. The molecule has 1 heterocycles. The fourth-order valence-corrected chi connectivity index (χ4v) is 4.84. The van der Waals surface area contributed by atoms with Crippen molar-refractivity contribution in [3.8, 4) is 11.3 Å². The molecule has 0 N–H and O–H groups in total. The van der Waals surface area contributed by atoms with Crippen molar-refractivity contribution in [1.82, 2.24) is 0 Å². The van der Waals surface area contributed by atoms with E-state index in [1.165, 1.54) is 28.7 Å². The molecule has 1 aliphatic carbocycles. The second kappa shape index (κ2) is 8.83. The zero-order valence-corrected chi connectivity index (χ0v) is 17.9. The number of non-ortho nitro benzene ring substituents is 1. The second-order valence-corrected chi connectivity index (χ2v) is 8.37. The Morgan fingerprint density at radius 1 is 0.750 bits per heavy atom. The summed E-state index contributed by atoms with van der Waals surface area (Å²) in [6.07, 6.45) is 5.41. The van der Waals surface area contributed by atoms with Gasteiger partial charge in [0.15, 0.2) is 0 Å². The van der Waals surface area contributed by atoms with E-state index in [1.807, 2.05) is 24.3 Å². The lowest BCUT2D eigenvalue weighted by atomic mass is 9.81. The third-order valence-electron chi connectivity index (χ3n) is 6.36. The van der Waals surface area contributed by atoms with Gasteiger partial charge in [0.05, 0.1) is 4.92 Å². The standard InChI is InChI=1S/C28H25NO3/c30-29(31)23-18-16-22(17-19-23)28-27(24-14-8-3-9-15-25(24)32-28)26(20-10-4-1-5-11-20)21-12-6-2-7-13-21/h1-2,4-7,10-13,16-19,26H,3,8-9,14-15H2. The molecule has 5 rings (SSSR count). The van der Waals surface area contributed by atoms with Gasteiger partial charge >= 0.3 is 0 Å². The van der Waals surface area contributed by atoms with Crippen LogP contribution in [0.25, 0.3) is 11.3 Å². The van der Waals surface area contributed by atoms with Gasteiger partial charge in [0, 0.05) is 35.6 Å². The zero-order valence-electron chi connectivity index (χ0n) is 17.9. The fourth-order valence-electron chi connectivity index (χ4n) is 4.84. The normalized spacial score (nSPS) is 13.5. The summed E-state index contributed by atoms with van der Waals surface area (Å²) in [5.41, 5.74) is 5.92. The van der Waals surface area contributed by atoms with E-state index in [2.05, 4.69) is 48.5 Å². The van der Waals surface area contributed by atoms with Crippen LogP contribution in [0.4, 0.5) is 5.69 Å². The molecule has 0 aliphatic heterocycles. The minimum Gasteiger partial charge on any atom is -0.460 e. The Hall–Kier alpha value is -3.66. The predicted octanol–water partition coefficient (Wildman–Crippen LogP) is 7.30. The van der Waals surface area contributed by atoms with Gasteiger partial charge in [-0.15, -0.1) is 0 Å².